The number of ether oxygens (including phenoxy) is 2. The molecule has 1 amide bonds. The molecule has 0 aliphatic rings. The van der Waals surface area contributed by atoms with Gasteiger partial charge in [0.25, 0.3) is 0 Å². The highest BCUT2D eigenvalue weighted by Gasteiger charge is 2.22. The number of nitrogens with zero attached hydrogens (tertiary/aromatic N) is 2. The van der Waals surface area contributed by atoms with Crippen molar-refractivity contribution < 1.29 is 22.7 Å². The number of nitrogens with one attached hydrogen (secondary N) is 1. The lowest BCUT2D eigenvalue weighted by Gasteiger charge is -2.23. The summed E-state index contributed by atoms with van der Waals surface area (Å²) in [6, 6.07) is 4.70. The summed E-state index contributed by atoms with van der Waals surface area (Å²) >= 11 is 0. The number of methoxy groups -OCH3 is 2. The minimum absolute atomic E-state index is 0.295. The monoisotopic (exact) mass is 373 g/mol. The smallest absolute Gasteiger partial charge is 0.240 e. The minimum atomic E-state index is -3.63. The number of carbonyl (C=O) groups excluding carboxylic acids is 1. The number of anilines is 1. The van der Waals surface area contributed by atoms with Crippen LogP contribution < -0.4 is 19.1 Å². The highest BCUT2D eigenvalue weighted by molar-refractivity contribution is 7.92. The number of amides is 1. The molecule has 142 valence electrons. The maximum atomic E-state index is 12.1. The van der Waals surface area contributed by atoms with Gasteiger partial charge in [-0.05, 0) is 39.2 Å². The summed E-state index contributed by atoms with van der Waals surface area (Å²) in [4.78, 5) is 14.1. The summed E-state index contributed by atoms with van der Waals surface area (Å²) in [5, 5.41) is 2.73. The van der Waals surface area contributed by atoms with Gasteiger partial charge < -0.3 is 19.7 Å². The molecule has 1 rings (SSSR count). The summed E-state index contributed by atoms with van der Waals surface area (Å²) < 4.78 is 35.6. The van der Waals surface area contributed by atoms with Crippen LogP contribution in [-0.4, -0.2) is 73.4 Å². The van der Waals surface area contributed by atoms with E-state index in [4.69, 9.17) is 9.47 Å². The Bertz CT molecular complexity index is 676. The van der Waals surface area contributed by atoms with Crippen molar-refractivity contribution in [2.75, 3.05) is 58.5 Å². The first-order valence-electron chi connectivity index (χ1n) is 7.80. The lowest BCUT2D eigenvalue weighted by molar-refractivity contribution is -0.119. The molecule has 1 aromatic carbocycles. The van der Waals surface area contributed by atoms with E-state index in [-0.39, 0.29) is 12.5 Å². The number of hydrogen-bond donors (Lipinski definition) is 1. The summed E-state index contributed by atoms with van der Waals surface area (Å²) in [6.07, 6.45) is 1.84. The van der Waals surface area contributed by atoms with Gasteiger partial charge in [0.1, 0.15) is 6.54 Å². The Hall–Kier alpha value is -2.00. The van der Waals surface area contributed by atoms with Crippen molar-refractivity contribution in [3.8, 4) is 11.5 Å². The zero-order valence-electron chi connectivity index (χ0n) is 15.4. The standard InChI is InChI=1S/C16H27N3O5S/c1-18(2)10-6-9-17-16(20)12-19(25(5,21)22)13-7-8-14(23-3)15(11-13)24-4/h7-8,11H,6,9-10,12H2,1-5H3,(H,17,20). The summed E-state index contributed by atoms with van der Waals surface area (Å²) in [5.74, 6) is 0.506. The zero-order valence-corrected chi connectivity index (χ0v) is 16.2. The molecule has 0 saturated carbocycles. The van der Waals surface area contributed by atoms with E-state index in [1.165, 1.54) is 20.3 Å². The number of sulfonamides is 1. The Morgan fingerprint density at radius 2 is 1.80 bits per heavy atom. The maximum Gasteiger partial charge on any atom is 0.240 e. The van der Waals surface area contributed by atoms with E-state index in [1.54, 1.807) is 12.1 Å². The Kier molecular flexibility index (Phi) is 7.98. The number of benzene rings is 1. The number of carbonyl (C=O) groups is 1. The molecule has 1 aromatic rings. The predicted octanol–water partition coefficient (Wildman–Crippen LogP) is 0.538. The van der Waals surface area contributed by atoms with Crippen LogP contribution in [0, 0.1) is 0 Å². The normalized spacial score (nSPS) is 11.3. The van der Waals surface area contributed by atoms with Gasteiger partial charge in [-0.3, -0.25) is 9.10 Å². The van der Waals surface area contributed by atoms with Crippen LogP contribution in [0.3, 0.4) is 0 Å². The summed E-state index contributed by atoms with van der Waals surface area (Å²) in [5.41, 5.74) is 0.337. The van der Waals surface area contributed by atoms with Crippen LogP contribution in [0.2, 0.25) is 0 Å². The first-order valence-corrected chi connectivity index (χ1v) is 9.65. The minimum Gasteiger partial charge on any atom is -0.493 e. The Labute approximate surface area is 149 Å². The summed E-state index contributed by atoms with van der Waals surface area (Å²) in [7, 11) is 3.22. The van der Waals surface area contributed by atoms with E-state index in [2.05, 4.69) is 5.32 Å². The third-order valence-electron chi connectivity index (χ3n) is 3.45. The molecule has 0 bridgehead atoms. The first kappa shape index (κ1) is 21.0. The van der Waals surface area contributed by atoms with Crippen LogP contribution >= 0.6 is 0 Å². The van der Waals surface area contributed by atoms with E-state index in [9.17, 15) is 13.2 Å². The van der Waals surface area contributed by atoms with E-state index in [1.807, 2.05) is 19.0 Å². The molecule has 0 aliphatic carbocycles. The number of rotatable bonds is 10. The van der Waals surface area contributed by atoms with Crippen molar-refractivity contribution in [2.45, 2.75) is 6.42 Å². The average Bonchev–Trinajstić information content (AvgIpc) is 2.54. The van der Waals surface area contributed by atoms with Crippen LogP contribution in [0.4, 0.5) is 5.69 Å². The van der Waals surface area contributed by atoms with Crippen LogP contribution in [0.25, 0.3) is 0 Å². The predicted molar refractivity (Wildman–Crippen MR) is 97.9 cm³/mol. The van der Waals surface area contributed by atoms with Crippen molar-refractivity contribution in [1.29, 1.82) is 0 Å². The Morgan fingerprint density at radius 1 is 1.16 bits per heavy atom. The second-order valence-electron chi connectivity index (χ2n) is 5.82. The van der Waals surface area contributed by atoms with Crippen LogP contribution in [-0.2, 0) is 14.8 Å². The topological polar surface area (TPSA) is 88.2 Å². The fraction of sp³-hybridized carbons (Fsp3) is 0.562. The van der Waals surface area contributed by atoms with Gasteiger partial charge in [0.05, 0.1) is 26.2 Å². The lowest BCUT2D eigenvalue weighted by atomic mass is 10.2. The largest absolute Gasteiger partial charge is 0.493 e. The van der Waals surface area contributed by atoms with E-state index < -0.39 is 10.0 Å². The second-order valence-corrected chi connectivity index (χ2v) is 7.72. The average molecular weight is 373 g/mol. The molecule has 0 aromatic heterocycles. The molecule has 25 heavy (non-hydrogen) atoms. The molecule has 0 heterocycles. The molecule has 0 radical (unpaired) electrons. The molecule has 1 N–H and O–H groups in total. The molecule has 8 nitrogen and oxygen atoms in total. The van der Waals surface area contributed by atoms with Gasteiger partial charge in [0, 0.05) is 12.6 Å². The van der Waals surface area contributed by atoms with Gasteiger partial charge in [-0.25, -0.2) is 8.42 Å². The third kappa shape index (κ3) is 6.79. The molecule has 9 heteroatoms. The van der Waals surface area contributed by atoms with Crippen molar-refractivity contribution in [2.24, 2.45) is 0 Å². The second kappa shape index (κ2) is 9.47. The van der Waals surface area contributed by atoms with Crippen LogP contribution in [0.1, 0.15) is 6.42 Å². The van der Waals surface area contributed by atoms with Crippen molar-refractivity contribution in [3.05, 3.63) is 18.2 Å². The summed E-state index contributed by atoms with van der Waals surface area (Å²) in [6.45, 7) is 1.03. The van der Waals surface area contributed by atoms with Gasteiger partial charge in [0.2, 0.25) is 15.9 Å². The van der Waals surface area contributed by atoms with Crippen molar-refractivity contribution in [3.63, 3.8) is 0 Å². The fourth-order valence-corrected chi connectivity index (χ4v) is 3.04. The third-order valence-corrected chi connectivity index (χ3v) is 4.59. The number of hydrogen-bond acceptors (Lipinski definition) is 6. The molecule has 0 spiro atoms. The Balaban J connectivity index is 2.87. The molecular weight excluding hydrogens is 346 g/mol. The van der Waals surface area contributed by atoms with E-state index in [0.717, 1.165) is 23.5 Å². The quantitative estimate of drug-likeness (QED) is 0.602. The van der Waals surface area contributed by atoms with Crippen molar-refractivity contribution >= 4 is 21.6 Å². The molecule has 0 atom stereocenters. The van der Waals surface area contributed by atoms with Gasteiger partial charge in [-0.15, -0.1) is 0 Å². The van der Waals surface area contributed by atoms with Crippen molar-refractivity contribution in [1.82, 2.24) is 10.2 Å². The Morgan fingerprint density at radius 3 is 2.32 bits per heavy atom. The van der Waals surface area contributed by atoms with Crippen LogP contribution in [0.15, 0.2) is 18.2 Å². The van der Waals surface area contributed by atoms with Crippen LogP contribution in [0.5, 0.6) is 11.5 Å². The highest BCUT2D eigenvalue weighted by atomic mass is 32.2. The SMILES string of the molecule is COc1ccc(N(CC(=O)NCCCN(C)C)S(C)(=O)=O)cc1OC. The van der Waals surface area contributed by atoms with Gasteiger partial charge in [0.15, 0.2) is 11.5 Å². The molecular formula is C16H27N3O5S. The van der Waals surface area contributed by atoms with Gasteiger partial charge in [-0.1, -0.05) is 0 Å². The highest BCUT2D eigenvalue weighted by Crippen LogP contribution is 2.32. The molecule has 0 fully saturated rings. The fourth-order valence-electron chi connectivity index (χ4n) is 2.19. The molecule has 0 unspecified atom stereocenters. The van der Waals surface area contributed by atoms with E-state index >= 15 is 0 Å². The van der Waals surface area contributed by atoms with Gasteiger partial charge in [-0.2, -0.15) is 0 Å². The van der Waals surface area contributed by atoms with E-state index in [0.29, 0.717) is 23.7 Å². The lowest BCUT2D eigenvalue weighted by Crippen LogP contribution is -2.41. The maximum absolute atomic E-state index is 12.1. The van der Waals surface area contributed by atoms with Gasteiger partial charge >= 0.3 is 0 Å². The first-order chi connectivity index (χ1) is 11.7. The zero-order chi connectivity index (χ0) is 19.0. The molecule has 0 saturated heterocycles. The molecule has 0 aliphatic heterocycles.